The molecule has 14 heavy (non-hydrogen) atoms. The fourth-order valence-corrected chi connectivity index (χ4v) is 4.05. The smallest absolute Gasteiger partial charge is 0.321 e. The normalized spacial score (nSPS) is 42.1. The van der Waals surface area contributed by atoms with E-state index in [1.54, 1.807) is 0 Å². The molecule has 3 nitrogen and oxygen atoms in total. The molecule has 0 amide bonds. The molecule has 1 saturated heterocycles. The van der Waals surface area contributed by atoms with Crippen molar-refractivity contribution in [3.8, 4) is 0 Å². The maximum atomic E-state index is 10.8. The van der Waals surface area contributed by atoms with Gasteiger partial charge in [0.1, 0.15) is 6.04 Å². The van der Waals surface area contributed by atoms with Gasteiger partial charge in [-0.3, -0.25) is 10.1 Å². The summed E-state index contributed by atoms with van der Waals surface area (Å²) in [7, 11) is 0. The highest BCUT2D eigenvalue weighted by atomic mass is 32.2. The molecule has 3 unspecified atom stereocenters. The van der Waals surface area contributed by atoms with Gasteiger partial charge < -0.3 is 5.11 Å². The summed E-state index contributed by atoms with van der Waals surface area (Å²) in [6.45, 7) is 2.22. The summed E-state index contributed by atoms with van der Waals surface area (Å²) >= 11 is 1.82. The molecule has 2 N–H and O–H groups in total. The molecule has 1 heterocycles. The number of nitrogens with one attached hydrogen (secondary N) is 1. The third-order valence-electron chi connectivity index (χ3n) is 3.41. The van der Waals surface area contributed by atoms with Gasteiger partial charge in [0.25, 0.3) is 0 Å². The second-order valence-corrected chi connectivity index (χ2v) is 5.76. The van der Waals surface area contributed by atoms with E-state index in [0.717, 1.165) is 24.5 Å². The Balaban J connectivity index is 1.97. The lowest BCUT2D eigenvalue weighted by Crippen LogP contribution is -2.43. The van der Waals surface area contributed by atoms with Crippen molar-refractivity contribution < 1.29 is 9.90 Å². The second kappa shape index (κ2) is 3.74. The van der Waals surface area contributed by atoms with Crippen LogP contribution in [0.25, 0.3) is 0 Å². The number of hydrogen-bond donors (Lipinski definition) is 2. The summed E-state index contributed by atoms with van der Waals surface area (Å²) in [5.41, 5.74) is 0. The Morgan fingerprint density at radius 1 is 1.71 bits per heavy atom. The van der Waals surface area contributed by atoms with Crippen LogP contribution in [0.15, 0.2) is 0 Å². The molecular weight excluding hydrogens is 198 g/mol. The lowest BCUT2D eigenvalue weighted by molar-refractivity contribution is -0.138. The molecule has 1 aliphatic carbocycles. The summed E-state index contributed by atoms with van der Waals surface area (Å²) in [5, 5.41) is 12.2. The average molecular weight is 215 g/mol. The van der Waals surface area contributed by atoms with Crippen LogP contribution in [0.5, 0.6) is 0 Å². The Hall–Kier alpha value is -0.220. The molecule has 4 heteroatoms. The zero-order valence-electron chi connectivity index (χ0n) is 8.45. The summed E-state index contributed by atoms with van der Waals surface area (Å²) < 4.78 is 0. The summed E-state index contributed by atoms with van der Waals surface area (Å²) in [5.74, 6) is 0.822. The van der Waals surface area contributed by atoms with Gasteiger partial charge in [-0.25, -0.2) is 0 Å². The van der Waals surface area contributed by atoms with E-state index in [1.165, 1.54) is 12.8 Å². The molecule has 80 valence electrons. The number of carbonyl (C=O) groups is 1. The first-order chi connectivity index (χ1) is 6.65. The number of carboxylic acid groups (broad SMARTS) is 1. The predicted octanol–water partition coefficient (Wildman–Crippen LogP) is 1.68. The van der Waals surface area contributed by atoms with Crippen molar-refractivity contribution in [2.24, 2.45) is 5.92 Å². The minimum Gasteiger partial charge on any atom is -0.480 e. The Kier molecular flexibility index (Phi) is 2.75. The summed E-state index contributed by atoms with van der Waals surface area (Å²) in [4.78, 5) is 10.9. The molecule has 2 fully saturated rings. The van der Waals surface area contributed by atoms with Crippen LogP contribution >= 0.6 is 11.8 Å². The molecule has 2 aliphatic rings. The predicted molar refractivity (Wildman–Crippen MR) is 57.4 cm³/mol. The largest absolute Gasteiger partial charge is 0.480 e. The van der Waals surface area contributed by atoms with E-state index in [-0.39, 0.29) is 10.9 Å². The molecule has 0 radical (unpaired) electrons. The van der Waals surface area contributed by atoms with Crippen molar-refractivity contribution in [1.82, 2.24) is 5.32 Å². The third-order valence-corrected chi connectivity index (χ3v) is 4.96. The molecule has 1 saturated carbocycles. The van der Waals surface area contributed by atoms with Gasteiger partial charge >= 0.3 is 5.97 Å². The summed E-state index contributed by atoms with van der Waals surface area (Å²) in [6, 6.07) is -0.324. The van der Waals surface area contributed by atoms with E-state index in [2.05, 4.69) is 12.2 Å². The van der Waals surface area contributed by atoms with E-state index in [4.69, 9.17) is 5.11 Å². The van der Waals surface area contributed by atoms with Crippen LogP contribution < -0.4 is 5.32 Å². The third kappa shape index (κ3) is 1.77. The molecule has 0 aromatic rings. The van der Waals surface area contributed by atoms with Crippen LogP contribution in [0.4, 0.5) is 0 Å². The quantitative estimate of drug-likeness (QED) is 0.736. The molecule has 0 bridgehead atoms. The van der Waals surface area contributed by atoms with Crippen molar-refractivity contribution >= 4 is 17.7 Å². The van der Waals surface area contributed by atoms with Crippen LogP contribution in [0.2, 0.25) is 0 Å². The maximum absolute atomic E-state index is 10.8. The van der Waals surface area contributed by atoms with Gasteiger partial charge in [0.05, 0.1) is 4.87 Å². The van der Waals surface area contributed by atoms with Gasteiger partial charge in [0.2, 0.25) is 0 Å². The fraction of sp³-hybridized carbons (Fsp3) is 0.900. The van der Waals surface area contributed by atoms with Gasteiger partial charge in [-0.05, 0) is 25.2 Å². The van der Waals surface area contributed by atoms with Crippen molar-refractivity contribution in [1.29, 1.82) is 0 Å². The van der Waals surface area contributed by atoms with E-state index in [0.29, 0.717) is 0 Å². The fourth-order valence-electron chi connectivity index (χ4n) is 2.50. The van der Waals surface area contributed by atoms with Gasteiger partial charge in [-0.2, -0.15) is 0 Å². The number of thioether (sulfide) groups is 1. The zero-order valence-corrected chi connectivity index (χ0v) is 9.27. The maximum Gasteiger partial charge on any atom is 0.321 e. The topological polar surface area (TPSA) is 49.3 Å². The van der Waals surface area contributed by atoms with Gasteiger partial charge in [0, 0.05) is 5.75 Å². The van der Waals surface area contributed by atoms with E-state index in [9.17, 15) is 4.79 Å². The number of hydrogen-bond acceptors (Lipinski definition) is 3. The van der Waals surface area contributed by atoms with E-state index < -0.39 is 5.97 Å². The van der Waals surface area contributed by atoms with E-state index >= 15 is 0 Å². The van der Waals surface area contributed by atoms with Gasteiger partial charge in [-0.15, -0.1) is 11.8 Å². The van der Waals surface area contributed by atoms with Gasteiger partial charge in [0.15, 0.2) is 0 Å². The van der Waals surface area contributed by atoms with Crippen LogP contribution in [-0.4, -0.2) is 27.7 Å². The molecular formula is C10H17NO2S. The Morgan fingerprint density at radius 3 is 3.00 bits per heavy atom. The highest BCUT2D eigenvalue weighted by molar-refractivity contribution is 8.01. The lowest BCUT2D eigenvalue weighted by Gasteiger charge is -2.23. The van der Waals surface area contributed by atoms with Crippen molar-refractivity contribution in [3.63, 3.8) is 0 Å². The Bertz CT molecular complexity index is 246. The molecule has 1 spiro atoms. The summed E-state index contributed by atoms with van der Waals surface area (Å²) in [6.07, 6.45) is 4.77. The molecule has 0 aromatic carbocycles. The monoisotopic (exact) mass is 215 g/mol. The first kappa shape index (κ1) is 10.3. The van der Waals surface area contributed by atoms with Crippen LogP contribution in [0.3, 0.4) is 0 Å². The Labute approximate surface area is 88.6 Å². The minimum absolute atomic E-state index is 0.101. The second-order valence-electron chi connectivity index (χ2n) is 4.36. The van der Waals surface area contributed by atoms with Crippen LogP contribution in [-0.2, 0) is 4.79 Å². The lowest BCUT2D eigenvalue weighted by atomic mass is 10.1. The van der Waals surface area contributed by atoms with Crippen molar-refractivity contribution in [2.75, 3.05) is 5.75 Å². The molecule has 0 aromatic heterocycles. The highest BCUT2D eigenvalue weighted by Gasteiger charge is 2.46. The number of rotatable bonds is 2. The van der Waals surface area contributed by atoms with Crippen molar-refractivity contribution in [3.05, 3.63) is 0 Å². The van der Waals surface area contributed by atoms with Gasteiger partial charge in [-0.1, -0.05) is 13.3 Å². The van der Waals surface area contributed by atoms with E-state index in [1.807, 2.05) is 11.8 Å². The molecule has 2 rings (SSSR count). The highest BCUT2D eigenvalue weighted by Crippen LogP contribution is 2.47. The van der Waals surface area contributed by atoms with Crippen LogP contribution in [0, 0.1) is 5.92 Å². The average Bonchev–Trinajstić information content (AvgIpc) is 2.74. The SMILES string of the molecule is CCC1CCC2(C1)NC(C(=O)O)CS2. The standard InChI is InChI=1S/C10H17NO2S/c1-2-7-3-4-10(5-7)11-8(6-14-10)9(12)13/h7-8,11H,2-6H2,1H3,(H,12,13). The Morgan fingerprint density at radius 2 is 2.50 bits per heavy atom. The zero-order chi connectivity index (χ0) is 10.2. The van der Waals surface area contributed by atoms with Crippen molar-refractivity contribution in [2.45, 2.75) is 43.5 Å². The van der Waals surface area contributed by atoms with Crippen LogP contribution in [0.1, 0.15) is 32.6 Å². The first-order valence-corrected chi connectivity index (χ1v) is 6.28. The number of carboxylic acids is 1. The first-order valence-electron chi connectivity index (χ1n) is 5.30. The molecule has 1 aliphatic heterocycles. The minimum atomic E-state index is -0.700. The number of aliphatic carboxylic acids is 1. The molecule has 3 atom stereocenters.